The molecule has 0 aliphatic rings. The average molecular weight is 193 g/mol. The Kier molecular flexibility index (Phi) is 3.06. The van der Waals surface area contributed by atoms with Crippen molar-refractivity contribution in [3.63, 3.8) is 0 Å². The van der Waals surface area contributed by atoms with Crippen molar-refractivity contribution in [1.82, 2.24) is 0 Å². The maximum atomic E-state index is 10.7. The van der Waals surface area contributed by atoms with Gasteiger partial charge in [0.25, 0.3) is 0 Å². The normalized spacial score (nSPS) is 9.43. The van der Waals surface area contributed by atoms with Crippen LogP contribution in [-0.2, 0) is 0 Å². The van der Waals surface area contributed by atoms with Crippen molar-refractivity contribution in [2.75, 3.05) is 17.6 Å². The Balaban J connectivity index is 3.07. The number of nitrogens with one attached hydrogen (secondary N) is 1. The molecule has 5 nitrogen and oxygen atoms in total. The average Bonchev–Trinajstić information content (AvgIpc) is 2.14. The third-order valence-electron chi connectivity index (χ3n) is 1.69. The predicted molar refractivity (Wildman–Crippen MR) is 56.2 cm³/mol. The van der Waals surface area contributed by atoms with Gasteiger partial charge >= 0.3 is 5.69 Å². The van der Waals surface area contributed by atoms with Crippen molar-refractivity contribution in [1.29, 1.82) is 0 Å². The van der Waals surface area contributed by atoms with E-state index in [1.807, 2.05) is 0 Å². The van der Waals surface area contributed by atoms with Crippen LogP contribution in [0.15, 0.2) is 30.9 Å². The minimum Gasteiger partial charge on any atom is -0.393 e. The lowest BCUT2D eigenvalue weighted by molar-refractivity contribution is -0.383. The molecule has 0 heterocycles. The number of nitro groups is 1. The fraction of sp³-hybridized carbons (Fsp3) is 0.111. The number of anilines is 2. The van der Waals surface area contributed by atoms with Gasteiger partial charge in [-0.3, -0.25) is 10.1 Å². The Morgan fingerprint density at radius 3 is 2.93 bits per heavy atom. The third-order valence-corrected chi connectivity index (χ3v) is 1.69. The van der Waals surface area contributed by atoms with Crippen LogP contribution in [0.5, 0.6) is 0 Å². The summed E-state index contributed by atoms with van der Waals surface area (Å²) in [5, 5.41) is 13.5. The largest absolute Gasteiger partial charge is 0.393 e. The molecule has 0 fully saturated rings. The van der Waals surface area contributed by atoms with Gasteiger partial charge in [0.15, 0.2) is 0 Å². The molecule has 1 aromatic rings. The van der Waals surface area contributed by atoms with Gasteiger partial charge in [-0.2, -0.15) is 0 Å². The molecule has 0 radical (unpaired) electrons. The van der Waals surface area contributed by atoms with Crippen LogP contribution in [0.4, 0.5) is 17.1 Å². The number of nitrogens with zero attached hydrogens (tertiary/aromatic N) is 1. The second-order valence-corrected chi connectivity index (χ2v) is 2.67. The highest BCUT2D eigenvalue weighted by Crippen LogP contribution is 2.30. The molecule has 0 spiro atoms. The molecule has 0 atom stereocenters. The van der Waals surface area contributed by atoms with E-state index >= 15 is 0 Å². The van der Waals surface area contributed by atoms with Crippen molar-refractivity contribution < 1.29 is 4.92 Å². The minimum atomic E-state index is -0.499. The molecule has 0 bridgehead atoms. The predicted octanol–water partition coefficient (Wildman–Crippen LogP) is 1.77. The number of hydrogen-bond acceptors (Lipinski definition) is 4. The van der Waals surface area contributed by atoms with Crippen LogP contribution < -0.4 is 11.1 Å². The molecule has 0 saturated carbocycles. The maximum Gasteiger partial charge on any atom is 0.314 e. The van der Waals surface area contributed by atoms with E-state index in [0.717, 1.165) is 0 Å². The van der Waals surface area contributed by atoms with Gasteiger partial charge in [-0.1, -0.05) is 12.1 Å². The van der Waals surface area contributed by atoms with Gasteiger partial charge in [0.2, 0.25) is 0 Å². The van der Waals surface area contributed by atoms with E-state index in [0.29, 0.717) is 12.2 Å². The molecule has 74 valence electrons. The molecule has 14 heavy (non-hydrogen) atoms. The first-order valence-corrected chi connectivity index (χ1v) is 4.04. The fourth-order valence-electron chi connectivity index (χ4n) is 1.09. The lowest BCUT2D eigenvalue weighted by Gasteiger charge is -2.05. The maximum absolute atomic E-state index is 10.7. The molecule has 1 rings (SSSR count). The summed E-state index contributed by atoms with van der Waals surface area (Å²) in [6, 6.07) is 4.77. The summed E-state index contributed by atoms with van der Waals surface area (Å²) in [7, 11) is 0. The van der Waals surface area contributed by atoms with Crippen molar-refractivity contribution in [3.05, 3.63) is 41.0 Å². The zero-order chi connectivity index (χ0) is 10.6. The van der Waals surface area contributed by atoms with E-state index in [9.17, 15) is 10.1 Å². The molecule has 0 aromatic heterocycles. The van der Waals surface area contributed by atoms with Gasteiger partial charge in [0.1, 0.15) is 11.4 Å². The molecule has 5 heteroatoms. The third kappa shape index (κ3) is 2.01. The van der Waals surface area contributed by atoms with Gasteiger partial charge in [0, 0.05) is 6.54 Å². The molecular formula is C9H11N3O2. The quantitative estimate of drug-likeness (QED) is 0.330. The highest BCUT2D eigenvalue weighted by molar-refractivity contribution is 5.74. The molecule has 0 aliphatic carbocycles. The van der Waals surface area contributed by atoms with E-state index in [2.05, 4.69) is 11.9 Å². The Bertz CT molecular complexity index is 363. The molecular weight excluding hydrogens is 182 g/mol. The summed E-state index contributed by atoms with van der Waals surface area (Å²) in [5.41, 5.74) is 5.97. The highest BCUT2D eigenvalue weighted by atomic mass is 16.6. The van der Waals surface area contributed by atoms with Gasteiger partial charge in [-0.25, -0.2) is 0 Å². The summed E-state index contributed by atoms with van der Waals surface area (Å²) >= 11 is 0. The highest BCUT2D eigenvalue weighted by Gasteiger charge is 2.16. The molecule has 0 unspecified atom stereocenters. The summed E-state index contributed by atoms with van der Waals surface area (Å²) < 4.78 is 0. The molecule has 0 saturated heterocycles. The molecule has 3 N–H and O–H groups in total. The van der Waals surface area contributed by atoms with Crippen LogP contribution in [0.3, 0.4) is 0 Å². The van der Waals surface area contributed by atoms with E-state index in [4.69, 9.17) is 5.73 Å². The first kappa shape index (κ1) is 10.0. The summed E-state index contributed by atoms with van der Waals surface area (Å²) in [6.07, 6.45) is 1.62. The number of para-hydroxylation sites is 1. The Morgan fingerprint density at radius 2 is 2.36 bits per heavy atom. The summed E-state index contributed by atoms with van der Waals surface area (Å²) in [5.74, 6) is 0. The van der Waals surface area contributed by atoms with Gasteiger partial charge in [-0.15, -0.1) is 6.58 Å². The standard InChI is InChI=1S/C9H11N3O2/c1-2-6-11-8-5-3-4-7(10)9(8)12(13)14/h2-5,11H,1,6,10H2. The van der Waals surface area contributed by atoms with Crippen molar-refractivity contribution in [2.45, 2.75) is 0 Å². The molecule has 1 aromatic carbocycles. The smallest absolute Gasteiger partial charge is 0.314 e. The number of hydrogen-bond donors (Lipinski definition) is 2. The van der Waals surface area contributed by atoms with Crippen LogP contribution >= 0.6 is 0 Å². The second-order valence-electron chi connectivity index (χ2n) is 2.67. The lowest BCUT2D eigenvalue weighted by atomic mass is 10.2. The monoisotopic (exact) mass is 193 g/mol. The van der Waals surface area contributed by atoms with Crippen molar-refractivity contribution in [3.8, 4) is 0 Å². The van der Waals surface area contributed by atoms with E-state index in [1.54, 1.807) is 18.2 Å². The van der Waals surface area contributed by atoms with Gasteiger partial charge in [-0.05, 0) is 12.1 Å². The Labute approximate surface area is 81.4 Å². The zero-order valence-electron chi connectivity index (χ0n) is 7.56. The fourth-order valence-corrected chi connectivity index (χ4v) is 1.09. The number of nitrogens with two attached hydrogens (primary N) is 1. The topological polar surface area (TPSA) is 81.2 Å². The number of nitrogen functional groups attached to an aromatic ring is 1. The molecule has 0 amide bonds. The van der Waals surface area contributed by atoms with Crippen LogP contribution in [-0.4, -0.2) is 11.5 Å². The number of nitro benzene ring substituents is 1. The van der Waals surface area contributed by atoms with Crippen molar-refractivity contribution in [2.24, 2.45) is 0 Å². The van der Waals surface area contributed by atoms with Gasteiger partial charge < -0.3 is 11.1 Å². The second kappa shape index (κ2) is 4.27. The van der Waals surface area contributed by atoms with Crippen LogP contribution in [0.2, 0.25) is 0 Å². The molecule has 0 aliphatic heterocycles. The number of benzene rings is 1. The number of rotatable bonds is 4. The van der Waals surface area contributed by atoms with Gasteiger partial charge in [0.05, 0.1) is 4.92 Å². The van der Waals surface area contributed by atoms with Crippen LogP contribution in [0.25, 0.3) is 0 Å². The van der Waals surface area contributed by atoms with Crippen LogP contribution in [0, 0.1) is 10.1 Å². The summed E-state index contributed by atoms with van der Waals surface area (Å²) in [4.78, 5) is 10.2. The Morgan fingerprint density at radius 1 is 1.64 bits per heavy atom. The summed E-state index contributed by atoms with van der Waals surface area (Å²) in [6.45, 7) is 3.97. The van der Waals surface area contributed by atoms with Crippen LogP contribution in [0.1, 0.15) is 0 Å². The SMILES string of the molecule is C=CCNc1cccc(N)c1[N+](=O)[O-]. The van der Waals surface area contributed by atoms with E-state index in [1.165, 1.54) is 6.07 Å². The van der Waals surface area contributed by atoms with E-state index < -0.39 is 4.92 Å². The first-order valence-electron chi connectivity index (χ1n) is 4.04. The zero-order valence-corrected chi connectivity index (χ0v) is 7.56. The van der Waals surface area contributed by atoms with E-state index in [-0.39, 0.29) is 11.4 Å². The van der Waals surface area contributed by atoms with Crippen molar-refractivity contribution >= 4 is 17.1 Å². The minimum absolute atomic E-state index is 0.0886. The first-order chi connectivity index (χ1) is 6.66. The lowest BCUT2D eigenvalue weighted by Crippen LogP contribution is -2.04. The Hall–Kier alpha value is -2.04.